The van der Waals surface area contributed by atoms with Gasteiger partial charge in [-0.2, -0.15) is 0 Å². The summed E-state index contributed by atoms with van der Waals surface area (Å²) in [6.07, 6.45) is 20.0. The normalized spacial score (nSPS) is 11.2. The lowest BCUT2D eigenvalue weighted by Gasteiger charge is -2.09. The minimum absolute atomic E-state index is 0.211. The van der Waals surface area contributed by atoms with Gasteiger partial charge < -0.3 is 33.7 Å². The number of esters is 1. The second-order valence-corrected chi connectivity index (χ2v) is 11.3. The number of unbranched alkanes of at least 4 members (excludes halogenated alkanes) is 13. The van der Waals surface area contributed by atoms with Crippen LogP contribution in [0.2, 0.25) is 0 Å². The first-order valence-electron chi connectivity index (χ1n) is 17.7. The molecule has 0 aliphatic heterocycles. The van der Waals surface area contributed by atoms with Crippen molar-refractivity contribution in [1.82, 2.24) is 0 Å². The molecule has 0 atom stereocenters. The summed E-state index contributed by atoms with van der Waals surface area (Å²) in [6, 6.07) is 7.34. The summed E-state index contributed by atoms with van der Waals surface area (Å²) in [5.74, 6) is -0.344. The molecule has 0 aliphatic carbocycles. The standard InChI is InChI=1S/C36H65NO7/c1-3-5-7-8-9-10-11-12-13-14-15-16-17-23-39-24-25-40-26-27-41-28-29-42-30-31-43-32-33-44-36(38)34-18-20-35(21-19-34)37-22-6-4-2/h18-21,37H,3-17,22-33H2,1-2H3. The number of rotatable bonds is 34. The second kappa shape index (κ2) is 32.7. The molecule has 8 nitrogen and oxygen atoms in total. The summed E-state index contributed by atoms with van der Waals surface area (Å²) < 4.78 is 33.0. The van der Waals surface area contributed by atoms with Gasteiger partial charge in [0.25, 0.3) is 0 Å². The zero-order chi connectivity index (χ0) is 31.6. The molecule has 0 saturated carbocycles. The minimum atomic E-state index is -0.344. The SMILES string of the molecule is CCCCCCCCCCCCCCCOCCOCCOCCOCCOCCOC(=O)c1ccc(NCCCC)cc1. The van der Waals surface area contributed by atoms with Gasteiger partial charge >= 0.3 is 5.97 Å². The van der Waals surface area contributed by atoms with E-state index in [-0.39, 0.29) is 12.6 Å². The van der Waals surface area contributed by atoms with Crippen LogP contribution in [0.3, 0.4) is 0 Å². The summed E-state index contributed by atoms with van der Waals surface area (Å²) >= 11 is 0. The Morgan fingerprint density at radius 3 is 1.32 bits per heavy atom. The molecule has 0 fully saturated rings. The van der Waals surface area contributed by atoms with E-state index in [9.17, 15) is 4.79 Å². The van der Waals surface area contributed by atoms with Crippen molar-refractivity contribution in [1.29, 1.82) is 0 Å². The van der Waals surface area contributed by atoms with Crippen molar-refractivity contribution < 1.29 is 33.2 Å². The van der Waals surface area contributed by atoms with E-state index >= 15 is 0 Å². The average Bonchev–Trinajstić information content (AvgIpc) is 3.04. The molecule has 0 heterocycles. The maximum atomic E-state index is 12.1. The van der Waals surface area contributed by atoms with Gasteiger partial charge in [-0.1, -0.05) is 97.3 Å². The van der Waals surface area contributed by atoms with Gasteiger partial charge in [-0.05, 0) is 37.1 Å². The zero-order valence-electron chi connectivity index (χ0n) is 28.3. The van der Waals surface area contributed by atoms with Gasteiger partial charge in [0.15, 0.2) is 0 Å². The lowest BCUT2D eigenvalue weighted by atomic mass is 10.0. The molecular formula is C36H65NO7. The summed E-state index contributed by atoms with van der Waals surface area (Å²) in [6.45, 7) is 11.0. The van der Waals surface area contributed by atoms with Crippen LogP contribution in [0.25, 0.3) is 0 Å². The van der Waals surface area contributed by atoms with Crippen LogP contribution in [0, 0.1) is 0 Å². The first kappa shape index (κ1) is 40.3. The highest BCUT2D eigenvalue weighted by molar-refractivity contribution is 5.89. The number of nitrogens with one attached hydrogen (secondary N) is 1. The van der Waals surface area contributed by atoms with E-state index in [1.54, 1.807) is 12.1 Å². The highest BCUT2D eigenvalue weighted by atomic mass is 16.6. The molecule has 0 bridgehead atoms. The predicted molar refractivity (Wildman–Crippen MR) is 180 cm³/mol. The number of hydrogen-bond donors (Lipinski definition) is 1. The lowest BCUT2D eigenvalue weighted by molar-refractivity contribution is -0.0153. The van der Waals surface area contributed by atoms with Crippen LogP contribution >= 0.6 is 0 Å². The number of benzene rings is 1. The topological polar surface area (TPSA) is 84.5 Å². The Bertz CT molecular complexity index is 732. The minimum Gasteiger partial charge on any atom is -0.460 e. The number of ether oxygens (including phenoxy) is 6. The Hall–Kier alpha value is -1.71. The van der Waals surface area contributed by atoms with E-state index in [0.717, 1.165) is 38.1 Å². The molecule has 0 aromatic heterocycles. The summed E-state index contributed by atoms with van der Waals surface area (Å²) in [5.41, 5.74) is 1.54. The van der Waals surface area contributed by atoms with E-state index in [4.69, 9.17) is 28.4 Å². The number of carbonyl (C=O) groups excluding carboxylic acids is 1. The van der Waals surface area contributed by atoms with E-state index in [1.807, 2.05) is 12.1 Å². The zero-order valence-corrected chi connectivity index (χ0v) is 28.3. The fourth-order valence-electron chi connectivity index (χ4n) is 4.61. The van der Waals surface area contributed by atoms with Crippen LogP contribution in [0.5, 0.6) is 0 Å². The van der Waals surface area contributed by atoms with Gasteiger partial charge in [-0.3, -0.25) is 0 Å². The third-order valence-electron chi connectivity index (χ3n) is 7.32. The van der Waals surface area contributed by atoms with Crippen molar-refractivity contribution in [2.75, 3.05) is 84.5 Å². The van der Waals surface area contributed by atoms with Crippen molar-refractivity contribution in [3.8, 4) is 0 Å². The average molecular weight is 624 g/mol. The van der Waals surface area contributed by atoms with Crippen LogP contribution < -0.4 is 5.32 Å². The highest BCUT2D eigenvalue weighted by Gasteiger charge is 2.06. The summed E-state index contributed by atoms with van der Waals surface area (Å²) in [5, 5.41) is 3.33. The van der Waals surface area contributed by atoms with Crippen LogP contribution in [0.15, 0.2) is 24.3 Å². The van der Waals surface area contributed by atoms with E-state index in [0.29, 0.717) is 65.0 Å². The summed E-state index contributed by atoms with van der Waals surface area (Å²) in [7, 11) is 0. The van der Waals surface area contributed by atoms with Gasteiger partial charge in [0.2, 0.25) is 0 Å². The number of hydrogen-bond acceptors (Lipinski definition) is 8. The van der Waals surface area contributed by atoms with Crippen molar-refractivity contribution in [3.05, 3.63) is 29.8 Å². The van der Waals surface area contributed by atoms with Crippen molar-refractivity contribution in [2.24, 2.45) is 0 Å². The van der Waals surface area contributed by atoms with Crippen LogP contribution in [0.4, 0.5) is 5.69 Å². The number of anilines is 1. The van der Waals surface area contributed by atoms with Crippen molar-refractivity contribution in [2.45, 2.75) is 110 Å². The lowest BCUT2D eigenvalue weighted by Crippen LogP contribution is -2.15. The molecule has 1 N–H and O–H groups in total. The molecule has 1 aromatic rings. The molecule has 0 aliphatic rings. The monoisotopic (exact) mass is 623 g/mol. The van der Waals surface area contributed by atoms with Gasteiger partial charge in [0.1, 0.15) is 6.61 Å². The third-order valence-corrected chi connectivity index (χ3v) is 7.32. The quantitative estimate of drug-likeness (QED) is 0.0607. The molecule has 256 valence electrons. The maximum absolute atomic E-state index is 12.1. The Kier molecular flexibility index (Phi) is 29.9. The first-order chi connectivity index (χ1) is 21.8. The molecule has 1 aromatic carbocycles. The van der Waals surface area contributed by atoms with Gasteiger partial charge in [0.05, 0.1) is 65.0 Å². The van der Waals surface area contributed by atoms with Gasteiger partial charge in [-0.25, -0.2) is 4.79 Å². The molecule has 0 spiro atoms. The Morgan fingerprint density at radius 2 is 0.864 bits per heavy atom. The maximum Gasteiger partial charge on any atom is 0.338 e. The Balaban J connectivity index is 1.72. The van der Waals surface area contributed by atoms with Crippen molar-refractivity contribution in [3.63, 3.8) is 0 Å². The predicted octanol–water partition coefficient (Wildman–Crippen LogP) is 8.23. The molecule has 44 heavy (non-hydrogen) atoms. The number of carbonyl (C=O) groups is 1. The van der Waals surface area contributed by atoms with Crippen LogP contribution in [0.1, 0.15) is 121 Å². The third kappa shape index (κ3) is 26.7. The van der Waals surface area contributed by atoms with E-state index < -0.39 is 0 Å². The Labute approximate surface area is 269 Å². The molecule has 0 unspecified atom stereocenters. The van der Waals surface area contributed by atoms with E-state index in [2.05, 4.69) is 19.2 Å². The van der Waals surface area contributed by atoms with Gasteiger partial charge in [-0.15, -0.1) is 0 Å². The first-order valence-corrected chi connectivity index (χ1v) is 17.7. The van der Waals surface area contributed by atoms with E-state index in [1.165, 1.54) is 77.0 Å². The Morgan fingerprint density at radius 1 is 0.477 bits per heavy atom. The molecule has 0 amide bonds. The van der Waals surface area contributed by atoms with Gasteiger partial charge in [0, 0.05) is 18.8 Å². The fraction of sp³-hybridized carbons (Fsp3) is 0.806. The largest absolute Gasteiger partial charge is 0.460 e. The smallest absolute Gasteiger partial charge is 0.338 e. The molecule has 8 heteroatoms. The van der Waals surface area contributed by atoms with Crippen LogP contribution in [-0.4, -0.2) is 85.2 Å². The molecule has 0 saturated heterocycles. The fourth-order valence-corrected chi connectivity index (χ4v) is 4.61. The molecular weight excluding hydrogens is 558 g/mol. The highest BCUT2D eigenvalue weighted by Crippen LogP contribution is 2.13. The van der Waals surface area contributed by atoms with Crippen molar-refractivity contribution >= 4 is 11.7 Å². The second-order valence-electron chi connectivity index (χ2n) is 11.3. The summed E-state index contributed by atoms with van der Waals surface area (Å²) in [4.78, 5) is 12.1. The molecule has 1 rings (SSSR count). The van der Waals surface area contributed by atoms with Crippen LogP contribution in [-0.2, 0) is 28.4 Å². The molecule has 0 radical (unpaired) electrons.